The van der Waals surface area contributed by atoms with Crippen LogP contribution in [0.3, 0.4) is 0 Å². The number of Topliss-reactive ketones (excluding diaryl/α,β-unsaturated/α-hetero) is 1. The van der Waals surface area contributed by atoms with E-state index >= 15 is 0 Å². The van der Waals surface area contributed by atoms with Crippen molar-refractivity contribution in [2.24, 2.45) is 5.41 Å². The molecule has 2 fully saturated rings. The largest absolute Gasteiger partial charge is 0.394 e. The molecule has 33 heavy (non-hydrogen) atoms. The van der Waals surface area contributed by atoms with E-state index in [0.717, 1.165) is 0 Å². The predicted molar refractivity (Wildman–Crippen MR) is 115 cm³/mol. The van der Waals surface area contributed by atoms with E-state index in [1.807, 2.05) is 20.8 Å². The van der Waals surface area contributed by atoms with Gasteiger partial charge in [0, 0.05) is 6.92 Å². The van der Waals surface area contributed by atoms with Crippen molar-refractivity contribution < 1.29 is 49.0 Å². The number of carbonyl (C=O) groups is 2. The number of amides is 1. The summed E-state index contributed by atoms with van der Waals surface area (Å²) in [5.74, 6) is -0.842. The lowest BCUT2D eigenvalue weighted by atomic mass is 9.78. The van der Waals surface area contributed by atoms with E-state index in [9.17, 15) is 30.0 Å². The van der Waals surface area contributed by atoms with Crippen LogP contribution in [0.5, 0.6) is 0 Å². The van der Waals surface area contributed by atoms with Gasteiger partial charge < -0.3 is 44.7 Å². The first-order chi connectivity index (χ1) is 15.2. The van der Waals surface area contributed by atoms with Crippen LogP contribution in [0.2, 0.25) is 0 Å². The molecule has 192 valence electrons. The number of hydrogen-bond donors (Lipinski definition) is 5. The van der Waals surface area contributed by atoms with Gasteiger partial charge in [0.2, 0.25) is 5.91 Å². The lowest BCUT2D eigenvalue weighted by Crippen LogP contribution is -2.69. The van der Waals surface area contributed by atoms with E-state index in [-0.39, 0.29) is 6.10 Å². The van der Waals surface area contributed by atoms with Gasteiger partial charge >= 0.3 is 0 Å². The van der Waals surface area contributed by atoms with E-state index in [4.69, 9.17) is 18.9 Å². The number of aliphatic hydroxyl groups is 4. The summed E-state index contributed by atoms with van der Waals surface area (Å²) in [6.07, 6.45) is -11.6. The zero-order valence-electron chi connectivity index (χ0n) is 20.3. The summed E-state index contributed by atoms with van der Waals surface area (Å²) in [6.45, 7) is 11.1. The highest BCUT2D eigenvalue weighted by molar-refractivity contribution is 5.81. The maximum atomic E-state index is 12.2. The minimum Gasteiger partial charge on any atom is -0.394 e. The van der Waals surface area contributed by atoms with Crippen molar-refractivity contribution in [2.45, 2.75) is 116 Å². The second-order valence-electron chi connectivity index (χ2n) is 10.1. The highest BCUT2D eigenvalue weighted by Crippen LogP contribution is 2.36. The van der Waals surface area contributed by atoms with Crippen molar-refractivity contribution in [2.75, 3.05) is 6.61 Å². The Balaban J connectivity index is 2.38. The summed E-state index contributed by atoms with van der Waals surface area (Å²) in [5, 5.41) is 44.7. The first-order valence-electron chi connectivity index (χ1n) is 11.2. The van der Waals surface area contributed by atoms with Crippen LogP contribution in [0.25, 0.3) is 0 Å². The normalized spacial score (nSPS) is 40.0. The van der Waals surface area contributed by atoms with Crippen molar-refractivity contribution in [1.82, 2.24) is 5.32 Å². The Morgan fingerprint density at radius 2 is 1.61 bits per heavy atom. The molecule has 0 aromatic rings. The van der Waals surface area contributed by atoms with Gasteiger partial charge in [0.15, 0.2) is 12.1 Å². The molecule has 0 saturated carbocycles. The first kappa shape index (κ1) is 28.1. The van der Waals surface area contributed by atoms with Crippen LogP contribution in [0.1, 0.15) is 48.5 Å². The standard InChI is InChI=1S/C22H39NO10/c1-9(2)30-19-15(28)16(29)21(32-17(19)10(3)25)33-18-13(23-11(4)26)20(22(5,6)7)31-12(8-24)14(18)27/h9,12-21,24,27-29H,8H2,1-7H3,(H,23,26)/t12?,13-,14+,15?,16-,17?,18?,19-,20+,21-/m0/s1. The molecule has 11 nitrogen and oxygen atoms in total. The molecule has 0 bridgehead atoms. The SMILES string of the molecule is CC(=O)N[C@H]1C(O[C@@H]2OC(C(C)=O)[C@@H](OC(C)C)C(O)[C@@H]2O)[C@H](O)C(CO)O[C@H]1C(C)(C)C. The van der Waals surface area contributed by atoms with Crippen molar-refractivity contribution in [1.29, 1.82) is 0 Å². The number of ketones is 1. The highest BCUT2D eigenvalue weighted by Gasteiger charge is 2.54. The number of carbonyl (C=O) groups excluding carboxylic acids is 2. The van der Waals surface area contributed by atoms with E-state index in [2.05, 4.69) is 5.32 Å². The second kappa shape index (κ2) is 11.0. The van der Waals surface area contributed by atoms with Crippen LogP contribution in [-0.4, -0.2) is 106 Å². The van der Waals surface area contributed by atoms with Crippen LogP contribution < -0.4 is 5.32 Å². The molecule has 0 radical (unpaired) electrons. The lowest BCUT2D eigenvalue weighted by Gasteiger charge is -2.51. The number of aliphatic hydroxyl groups excluding tert-OH is 4. The monoisotopic (exact) mass is 477 g/mol. The molecule has 4 unspecified atom stereocenters. The van der Waals surface area contributed by atoms with Crippen LogP contribution in [-0.2, 0) is 28.5 Å². The predicted octanol–water partition coefficient (Wildman–Crippen LogP) is -1.13. The van der Waals surface area contributed by atoms with Gasteiger partial charge in [-0.05, 0) is 26.2 Å². The average Bonchev–Trinajstić information content (AvgIpc) is 2.68. The summed E-state index contributed by atoms with van der Waals surface area (Å²) < 4.78 is 23.1. The average molecular weight is 478 g/mol. The fourth-order valence-corrected chi connectivity index (χ4v) is 4.30. The lowest BCUT2D eigenvalue weighted by molar-refractivity contribution is -0.332. The van der Waals surface area contributed by atoms with Gasteiger partial charge in [0.25, 0.3) is 0 Å². The second-order valence-corrected chi connectivity index (χ2v) is 10.1. The molecule has 2 heterocycles. The number of nitrogens with one attached hydrogen (secondary N) is 1. The van der Waals surface area contributed by atoms with Crippen LogP contribution in [0.4, 0.5) is 0 Å². The van der Waals surface area contributed by atoms with Crippen LogP contribution >= 0.6 is 0 Å². The Morgan fingerprint density at radius 3 is 2.06 bits per heavy atom. The Labute approximate surface area is 194 Å². The van der Waals surface area contributed by atoms with E-state index in [1.165, 1.54) is 13.8 Å². The Morgan fingerprint density at radius 1 is 1.00 bits per heavy atom. The molecule has 0 spiro atoms. The maximum absolute atomic E-state index is 12.2. The molecule has 0 aliphatic carbocycles. The van der Waals surface area contributed by atoms with Gasteiger partial charge in [-0.1, -0.05) is 20.8 Å². The first-order valence-corrected chi connectivity index (χ1v) is 11.2. The fourth-order valence-electron chi connectivity index (χ4n) is 4.30. The van der Waals surface area contributed by atoms with Crippen molar-refractivity contribution in [3.63, 3.8) is 0 Å². The van der Waals surface area contributed by atoms with E-state index in [0.29, 0.717) is 0 Å². The van der Waals surface area contributed by atoms with Gasteiger partial charge in [-0.2, -0.15) is 0 Å². The molecular formula is C22H39NO10. The van der Waals surface area contributed by atoms with E-state index in [1.54, 1.807) is 13.8 Å². The minimum absolute atomic E-state index is 0.348. The maximum Gasteiger partial charge on any atom is 0.217 e. The topological polar surface area (TPSA) is 164 Å². The highest BCUT2D eigenvalue weighted by atomic mass is 16.7. The molecule has 2 rings (SSSR count). The number of ether oxygens (including phenoxy) is 4. The van der Waals surface area contributed by atoms with Crippen LogP contribution in [0.15, 0.2) is 0 Å². The fraction of sp³-hybridized carbons (Fsp3) is 0.909. The summed E-state index contributed by atoms with van der Waals surface area (Å²) in [7, 11) is 0. The molecule has 1 amide bonds. The minimum atomic E-state index is -1.61. The smallest absolute Gasteiger partial charge is 0.217 e. The van der Waals surface area contributed by atoms with Gasteiger partial charge in [-0.3, -0.25) is 9.59 Å². The Kier molecular flexibility index (Phi) is 9.39. The molecule has 2 aliphatic rings. The third kappa shape index (κ3) is 6.49. The van der Waals surface area contributed by atoms with Crippen molar-refractivity contribution >= 4 is 11.7 Å². The summed E-state index contributed by atoms with van der Waals surface area (Å²) in [4.78, 5) is 24.2. The van der Waals surface area contributed by atoms with Crippen molar-refractivity contribution in [3.05, 3.63) is 0 Å². The molecule has 5 N–H and O–H groups in total. The third-order valence-corrected chi connectivity index (χ3v) is 5.79. The molecular weight excluding hydrogens is 438 g/mol. The number of rotatable bonds is 7. The summed E-state index contributed by atoms with van der Waals surface area (Å²) in [6, 6.07) is -0.881. The Hall–Kier alpha value is -1.18. The summed E-state index contributed by atoms with van der Waals surface area (Å²) >= 11 is 0. The molecule has 2 aliphatic heterocycles. The molecule has 10 atom stereocenters. The number of hydrogen-bond acceptors (Lipinski definition) is 10. The van der Waals surface area contributed by atoms with Gasteiger partial charge in [0.05, 0.1) is 24.9 Å². The molecule has 11 heteroatoms. The molecule has 2 saturated heterocycles. The van der Waals surface area contributed by atoms with Crippen molar-refractivity contribution in [3.8, 4) is 0 Å². The zero-order valence-corrected chi connectivity index (χ0v) is 20.3. The van der Waals surface area contributed by atoms with E-state index < -0.39 is 84.9 Å². The van der Waals surface area contributed by atoms with Crippen LogP contribution in [0, 0.1) is 5.41 Å². The van der Waals surface area contributed by atoms with Gasteiger partial charge in [0.1, 0.15) is 42.7 Å². The summed E-state index contributed by atoms with van der Waals surface area (Å²) in [5.41, 5.74) is -0.536. The Bertz CT molecular complexity index is 681. The quantitative estimate of drug-likeness (QED) is 0.303. The third-order valence-electron chi connectivity index (χ3n) is 5.79. The van der Waals surface area contributed by atoms with Gasteiger partial charge in [-0.15, -0.1) is 0 Å². The van der Waals surface area contributed by atoms with Gasteiger partial charge in [-0.25, -0.2) is 0 Å². The zero-order chi connectivity index (χ0) is 25.2. The molecule has 0 aromatic heterocycles. The molecule has 0 aromatic carbocycles.